The Hall–Kier alpha value is -2.58. The summed E-state index contributed by atoms with van der Waals surface area (Å²) < 4.78 is 18.4. The molecule has 0 aliphatic carbocycles. The van der Waals surface area contributed by atoms with Crippen molar-refractivity contribution >= 4 is 23.2 Å². The summed E-state index contributed by atoms with van der Waals surface area (Å²) in [5.74, 6) is -0.630. The van der Waals surface area contributed by atoms with E-state index in [-0.39, 0.29) is 10.7 Å². The zero-order valence-corrected chi connectivity index (χ0v) is 12.4. The third kappa shape index (κ3) is 3.74. The van der Waals surface area contributed by atoms with Gasteiger partial charge in [0.15, 0.2) is 6.10 Å². The van der Waals surface area contributed by atoms with E-state index in [1.807, 2.05) is 6.07 Å². The normalized spacial score (nSPS) is 11.4. The Balaban J connectivity index is 2.08. The summed E-state index contributed by atoms with van der Waals surface area (Å²) in [5, 5.41) is 11.6. The molecule has 4 nitrogen and oxygen atoms in total. The van der Waals surface area contributed by atoms with Gasteiger partial charge < -0.3 is 10.1 Å². The van der Waals surface area contributed by atoms with Gasteiger partial charge in [-0.15, -0.1) is 0 Å². The first-order valence-corrected chi connectivity index (χ1v) is 6.80. The summed E-state index contributed by atoms with van der Waals surface area (Å²) in [6.45, 7) is 1.54. The number of nitrogens with zero attached hydrogens (tertiary/aromatic N) is 1. The van der Waals surface area contributed by atoms with Gasteiger partial charge in [-0.25, -0.2) is 4.39 Å². The summed E-state index contributed by atoms with van der Waals surface area (Å²) in [4.78, 5) is 12.1. The Labute approximate surface area is 132 Å². The Morgan fingerprint density at radius 3 is 2.77 bits per heavy atom. The minimum atomic E-state index is -0.851. The number of rotatable bonds is 4. The summed E-state index contributed by atoms with van der Waals surface area (Å²) in [7, 11) is 0. The first-order chi connectivity index (χ1) is 10.5. The molecule has 0 saturated carbocycles. The standard InChI is InChI=1S/C16H12ClFN2O2/c1-10(22-15-5-3-2-4-11(15)9-19)16(21)20-14-7-6-12(18)8-13(14)17/h2-8,10H,1H3,(H,20,21)/t10-/m0/s1. The van der Waals surface area contributed by atoms with E-state index in [9.17, 15) is 9.18 Å². The van der Waals surface area contributed by atoms with Crippen LogP contribution in [0.15, 0.2) is 42.5 Å². The monoisotopic (exact) mass is 318 g/mol. The molecule has 0 aliphatic heterocycles. The molecule has 0 spiro atoms. The molecule has 2 rings (SSSR count). The van der Waals surface area contributed by atoms with Crippen LogP contribution in [0.1, 0.15) is 12.5 Å². The van der Waals surface area contributed by atoms with Crippen LogP contribution >= 0.6 is 11.6 Å². The first-order valence-electron chi connectivity index (χ1n) is 6.43. The molecule has 0 fully saturated rings. The maximum absolute atomic E-state index is 13.0. The van der Waals surface area contributed by atoms with Crippen LogP contribution in [-0.2, 0) is 4.79 Å². The van der Waals surface area contributed by atoms with Gasteiger partial charge in [-0.1, -0.05) is 23.7 Å². The fourth-order valence-electron chi connectivity index (χ4n) is 1.73. The quantitative estimate of drug-likeness (QED) is 0.933. The van der Waals surface area contributed by atoms with E-state index in [0.717, 1.165) is 6.07 Å². The number of hydrogen-bond donors (Lipinski definition) is 1. The number of ether oxygens (including phenoxy) is 1. The van der Waals surface area contributed by atoms with Gasteiger partial charge in [0, 0.05) is 0 Å². The maximum Gasteiger partial charge on any atom is 0.265 e. The lowest BCUT2D eigenvalue weighted by atomic mass is 10.2. The van der Waals surface area contributed by atoms with E-state index in [1.165, 1.54) is 12.1 Å². The van der Waals surface area contributed by atoms with Gasteiger partial charge >= 0.3 is 0 Å². The molecule has 0 bridgehead atoms. The van der Waals surface area contributed by atoms with Crippen LogP contribution in [0.4, 0.5) is 10.1 Å². The van der Waals surface area contributed by atoms with E-state index in [1.54, 1.807) is 31.2 Å². The number of hydrogen-bond acceptors (Lipinski definition) is 3. The van der Waals surface area contributed by atoms with E-state index in [2.05, 4.69) is 5.32 Å². The highest BCUT2D eigenvalue weighted by atomic mass is 35.5. The number of amides is 1. The minimum absolute atomic E-state index is 0.0953. The molecule has 22 heavy (non-hydrogen) atoms. The van der Waals surface area contributed by atoms with Crippen LogP contribution in [0, 0.1) is 17.1 Å². The van der Waals surface area contributed by atoms with E-state index in [0.29, 0.717) is 11.3 Å². The number of anilines is 1. The second-order valence-electron chi connectivity index (χ2n) is 4.48. The molecule has 0 unspecified atom stereocenters. The number of nitrogens with one attached hydrogen (secondary N) is 1. The summed E-state index contributed by atoms with van der Waals surface area (Å²) in [6, 6.07) is 12.3. The minimum Gasteiger partial charge on any atom is -0.480 e. The zero-order chi connectivity index (χ0) is 16.1. The number of benzene rings is 2. The lowest BCUT2D eigenvalue weighted by Gasteiger charge is -2.16. The van der Waals surface area contributed by atoms with Gasteiger partial charge in [0.2, 0.25) is 0 Å². The molecule has 1 atom stereocenters. The van der Waals surface area contributed by atoms with Crippen molar-refractivity contribution in [1.29, 1.82) is 5.26 Å². The molecule has 6 heteroatoms. The zero-order valence-electron chi connectivity index (χ0n) is 11.6. The van der Waals surface area contributed by atoms with Crippen molar-refractivity contribution in [3.63, 3.8) is 0 Å². The highest BCUT2D eigenvalue weighted by Gasteiger charge is 2.17. The Kier molecular flexibility index (Phi) is 4.97. The van der Waals surface area contributed by atoms with E-state index in [4.69, 9.17) is 21.6 Å². The molecule has 0 saturated heterocycles. The number of para-hydroxylation sites is 1. The van der Waals surface area contributed by atoms with Gasteiger partial charge in [0.1, 0.15) is 17.6 Å². The van der Waals surface area contributed by atoms with Gasteiger partial charge in [-0.3, -0.25) is 4.79 Å². The van der Waals surface area contributed by atoms with Gasteiger partial charge in [-0.05, 0) is 37.3 Å². The molecule has 2 aromatic rings. The fraction of sp³-hybridized carbons (Fsp3) is 0.125. The molecule has 0 radical (unpaired) electrons. The second-order valence-corrected chi connectivity index (χ2v) is 4.89. The third-order valence-corrected chi connectivity index (χ3v) is 3.18. The van der Waals surface area contributed by atoms with Crippen LogP contribution in [0.25, 0.3) is 0 Å². The molecule has 2 aromatic carbocycles. The Morgan fingerprint density at radius 1 is 1.36 bits per heavy atom. The summed E-state index contributed by atoms with van der Waals surface area (Å²) >= 11 is 5.85. The second kappa shape index (κ2) is 6.92. The Morgan fingerprint density at radius 2 is 2.09 bits per heavy atom. The van der Waals surface area contributed by atoms with Crippen molar-refractivity contribution in [2.75, 3.05) is 5.32 Å². The maximum atomic E-state index is 13.0. The van der Waals surface area contributed by atoms with Crippen LogP contribution in [-0.4, -0.2) is 12.0 Å². The first kappa shape index (κ1) is 15.8. The number of carbonyl (C=O) groups is 1. The lowest BCUT2D eigenvalue weighted by molar-refractivity contribution is -0.122. The largest absolute Gasteiger partial charge is 0.480 e. The van der Waals surface area contributed by atoms with Crippen molar-refractivity contribution in [2.45, 2.75) is 13.0 Å². The molecular formula is C16H12ClFN2O2. The van der Waals surface area contributed by atoms with Crippen LogP contribution in [0.3, 0.4) is 0 Å². The lowest BCUT2D eigenvalue weighted by Crippen LogP contribution is -2.30. The van der Waals surface area contributed by atoms with Crippen molar-refractivity contribution in [3.8, 4) is 11.8 Å². The molecule has 0 aromatic heterocycles. The predicted molar refractivity (Wildman–Crippen MR) is 81.3 cm³/mol. The van der Waals surface area contributed by atoms with Gasteiger partial charge in [0.05, 0.1) is 16.3 Å². The third-order valence-electron chi connectivity index (χ3n) is 2.87. The Bertz CT molecular complexity index is 743. The molecular weight excluding hydrogens is 307 g/mol. The van der Waals surface area contributed by atoms with Crippen molar-refractivity contribution in [2.24, 2.45) is 0 Å². The van der Waals surface area contributed by atoms with Crippen LogP contribution < -0.4 is 10.1 Å². The van der Waals surface area contributed by atoms with E-state index < -0.39 is 17.8 Å². The highest BCUT2D eigenvalue weighted by molar-refractivity contribution is 6.33. The van der Waals surface area contributed by atoms with Crippen molar-refractivity contribution in [1.82, 2.24) is 0 Å². The number of carbonyl (C=O) groups excluding carboxylic acids is 1. The average Bonchev–Trinajstić information content (AvgIpc) is 2.50. The molecule has 112 valence electrons. The summed E-state index contributed by atoms with van der Waals surface area (Å²) in [5.41, 5.74) is 0.624. The van der Waals surface area contributed by atoms with Gasteiger partial charge in [0.25, 0.3) is 5.91 Å². The molecule has 1 N–H and O–H groups in total. The van der Waals surface area contributed by atoms with Gasteiger partial charge in [-0.2, -0.15) is 5.26 Å². The van der Waals surface area contributed by atoms with E-state index >= 15 is 0 Å². The van der Waals surface area contributed by atoms with Crippen molar-refractivity contribution in [3.05, 3.63) is 58.9 Å². The molecule has 1 amide bonds. The summed E-state index contributed by atoms with van der Waals surface area (Å²) in [6.07, 6.45) is -0.851. The van der Waals surface area contributed by atoms with Crippen LogP contribution in [0.5, 0.6) is 5.75 Å². The number of nitriles is 1. The number of halogens is 2. The molecule has 0 heterocycles. The highest BCUT2D eigenvalue weighted by Crippen LogP contribution is 2.23. The van der Waals surface area contributed by atoms with Crippen molar-refractivity contribution < 1.29 is 13.9 Å². The average molecular weight is 319 g/mol. The molecule has 0 aliphatic rings. The van der Waals surface area contributed by atoms with Crippen LogP contribution in [0.2, 0.25) is 5.02 Å². The smallest absolute Gasteiger partial charge is 0.265 e. The SMILES string of the molecule is C[C@H](Oc1ccccc1C#N)C(=O)Nc1ccc(F)cc1Cl. The topological polar surface area (TPSA) is 62.1 Å². The fourth-order valence-corrected chi connectivity index (χ4v) is 1.95. The predicted octanol–water partition coefficient (Wildman–Crippen LogP) is 3.76.